The molecule has 0 aromatic heterocycles. The van der Waals surface area contributed by atoms with E-state index in [2.05, 4.69) is 32.8 Å². The summed E-state index contributed by atoms with van der Waals surface area (Å²) in [5, 5.41) is 18.0. The first kappa shape index (κ1) is 46.0. The molecule has 2 aliphatic rings. The van der Waals surface area contributed by atoms with E-state index in [9.17, 15) is 14.4 Å². The summed E-state index contributed by atoms with van der Waals surface area (Å²) in [7, 11) is 0. The lowest BCUT2D eigenvalue weighted by molar-refractivity contribution is -0.0146. The molecular formula is C43H53ClN4O10. The van der Waals surface area contributed by atoms with E-state index in [4.69, 9.17) is 33.5 Å². The normalized spacial score (nSPS) is 15.2. The number of fused-ring (bicyclic) bond motifs is 1. The highest BCUT2D eigenvalue weighted by molar-refractivity contribution is 6.12. The summed E-state index contributed by atoms with van der Waals surface area (Å²) in [5.41, 5.74) is 5.17. The third-order valence-electron chi connectivity index (χ3n) is 9.28. The molecule has 0 bridgehead atoms. The van der Waals surface area contributed by atoms with Crippen molar-refractivity contribution in [2.45, 2.75) is 32.5 Å². The van der Waals surface area contributed by atoms with Crippen LogP contribution in [0.5, 0.6) is 5.75 Å². The molecule has 3 aromatic carbocycles. The average molecular weight is 821 g/mol. The molecule has 58 heavy (non-hydrogen) atoms. The van der Waals surface area contributed by atoms with Crippen molar-refractivity contribution in [3.63, 3.8) is 0 Å². The number of carbonyl (C=O) groups excluding carboxylic acids is 3. The predicted octanol–water partition coefficient (Wildman–Crippen LogP) is 2.91. The van der Waals surface area contributed by atoms with Gasteiger partial charge in [0.25, 0.3) is 11.8 Å². The highest BCUT2D eigenvalue weighted by atomic mass is 35.5. The number of benzene rings is 3. The molecule has 4 N–H and O–H groups in total. The Morgan fingerprint density at radius 1 is 0.741 bits per heavy atom. The Morgan fingerprint density at radius 2 is 1.28 bits per heavy atom. The van der Waals surface area contributed by atoms with E-state index in [1.54, 1.807) is 49.5 Å². The molecule has 0 radical (unpaired) electrons. The fraction of sp³-hybridized carbons (Fsp3) is 0.442. The molecule has 5 rings (SSSR count). The van der Waals surface area contributed by atoms with Gasteiger partial charge in [-0.15, -0.1) is 18.3 Å². The molecule has 0 saturated carbocycles. The Balaban J connectivity index is 0.00000744. The van der Waals surface area contributed by atoms with Crippen molar-refractivity contribution in [2.24, 2.45) is 4.99 Å². The number of nitrogens with zero attached hydrogens (tertiary/aromatic N) is 1. The van der Waals surface area contributed by atoms with Crippen LogP contribution in [-0.4, -0.2) is 133 Å². The minimum atomic E-state index is -0.326. The van der Waals surface area contributed by atoms with Crippen LogP contribution in [0.3, 0.4) is 0 Å². The maximum absolute atomic E-state index is 13.9. The minimum absolute atomic E-state index is 0. The molecule has 0 unspecified atom stereocenters. The topological polar surface area (TPSA) is 175 Å². The first-order chi connectivity index (χ1) is 27.9. The number of rotatable bonds is 24. The van der Waals surface area contributed by atoms with Crippen molar-refractivity contribution < 1.29 is 47.9 Å². The lowest BCUT2D eigenvalue weighted by Gasteiger charge is -2.21. The minimum Gasteiger partial charge on any atom is -0.490 e. The smallest absolute Gasteiger partial charge is 0.251 e. The van der Waals surface area contributed by atoms with Crippen LogP contribution in [0.4, 0.5) is 0 Å². The van der Waals surface area contributed by atoms with Gasteiger partial charge in [0.1, 0.15) is 12.4 Å². The van der Waals surface area contributed by atoms with Crippen molar-refractivity contribution in [1.82, 2.24) is 16.0 Å². The van der Waals surface area contributed by atoms with Gasteiger partial charge >= 0.3 is 0 Å². The Hall–Kier alpha value is -4.69. The van der Waals surface area contributed by atoms with Crippen LogP contribution in [0.2, 0.25) is 0 Å². The number of nitrogens with one attached hydrogen (secondary N) is 3. The van der Waals surface area contributed by atoms with Crippen LogP contribution in [-0.2, 0) is 30.2 Å². The van der Waals surface area contributed by atoms with E-state index in [0.29, 0.717) is 113 Å². The molecule has 0 aliphatic carbocycles. The van der Waals surface area contributed by atoms with Crippen molar-refractivity contribution >= 4 is 36.2 Å². The number of ketones is 1. The summed E-state index contributed by atoms with van der Waals surface area (Å²) in [6.07, 6.45) is 1.80. The van der Waals surface area contributed by atoms with Gasteiger partial charge in [0.2, 0.25) is 0 Å². The van der Waals surface area contributed by atoms with Gasteiger partial charge in [0.15, 0.2) is 5.78 Å². The SMILES string of the molecule is CC#Cc1ccc(OCCOCCOCCOCCOCCOCCO)c(C(=O)c2ccc(C(=O)N[C@@H]3CNC[C@@H]3NC(=O)c3ccc4c(c3)CN=C4)cc2)c1C.Cl. The lowest BCUT2D eigenvalue weighted by atomic mass is 9.94. The van der Waals surface area contributed by atoms with Crippen LogP contribution in [0.1, 0.15) is 65.8 Å². The van der Waals surface area contributed by atoms with Crippen molar-refractivity contribution in [2.75, 3.05) is 92.4 Å². The second-order valence-corrected chi connectivity index (χ2v) is 13.2. The summed E-state index contributed by atoms with van der Waals surface area (Å²) in [5.74, 6) is 5.59. The van der Waals surface area contributed by atoms with Crippen molar-refractivity contribution in [3.8, 4) is 17.6 Å². The molecule has 15 heteroatoms. The fourth-order valence-corrected chi connectivity index (χ4v) is 6.27. The standard InChI is InChI=1S/C43H52N4O10.ClH/c1-3-4-31-11-12-39(57-24-23-56-22-21-55-20-19-54-18-17-53-16-15-52-14-13-48)40(30(31)2)41(49)32-5-7-33(8-6-32)42(50)46-37-28-45-29-38(37)47-43(51)34-9-10-35-26-44-27-36(35)25-34;/h5-12,25-26,37-38,45,48H,13-24,27-29H2,1-2H3,(H,46,50)(H,47,51);1H/t37-,38+;/m1./s1. The van der Waals surface area contributed by atoms with Crippen molar-refractivity contribution in [3.05, 3.63) is 99.1 Å². The Labute approximate surface area is 345 Å². The number of halogens is 1. The zero-order valence-electron chi connectivity index (χ0n) is 33.0. The third kappa shape index (κ3) is 13.7. The van der Waals surface area contributed by atoms with Gasteiger partial charge in [0.05, 0.1) is 96.9 Å². The van der Waals surface area contributed by atoms with Crippen molar-refractivity contribution in [1.29, 1.82) is 0 Å². The molecule has 2 heterocycles. The number of ether oxygens (including phenoxy) is 6. The van der Waals surface area contributed by atoms with Crippen LogP contribution in [0, 0.1) is 18.8 Å². The van der Waals surface area contributed by atoms with Gasteiger partial charge in [-0.1, -0.05) is 24.1 Å². The maximum atomic E-state index is 13.9. The predicted molar refractivity (Wildman–Crippen MR) is 221 cm³/mol. The largest absolute Gasteiger partial charge is 0.490 e. The Kier molecular flexibility index (Phi) is 19.8. The summed E-state index contributed by atoms with van der Waals surface area (Å²) in [6.45, 7) is 9.38. The summed E-state index contributed by atoms with van der Waals surface area (Å²) in [4.78, 5) is 44.6. The number of amides is 2. The number of aliphatic hydroxyl groups excluding tert-OH is 1. The Bertz CT molecular complexity index is 1900. The van der Waals surface area contributed by atoms with E-state index >= 15 is 0 Å². The average Bonchev–Trinajstić information content (AvgIpc) is 3.88. The van der Waals surface area contributed by atoms with Gasteiger partial charge in [-0.3, -0.25) is 19.4 Å². The Morgan fingerprint density at radius 3 is 1.86 bits per heavy atom. The van der Waals surface area contributed by atoms with Gasteiger partial charge in [-0.25, -0.2) is 0 Å². The van der Waals surface area contributed by atoms with Crippen LogP contribution in [0.25, 0.3) is 0 Å². The lowest BCUT2D eigenvalue weighted by Crippen LogP contribution is -2.51. The summed E-state index contributed by atoms with van der Waals surface area (Å²) >= 11 is 0. The second kappa shape index (κ2) is 24.9. The molecule has 0 spiro atoms. The van der Waals surface area contributed by atoms with Crippen LogP contribution < -0.4 is 20.7 Å². The fourth-order valence-electron chi connectivity index (χ4n) is 6.27. The molecule has 1 saturated heterocycles. The van der Waals surface area contributed by atoms with E-state index in [1.807, 2.05) is 25.1 Å². The monoisotopic (exact) mass is 820 g/mol. The molecule has 1 fully saturated rings. The first-order valence-corrected chi connectivity index (χ1v) is 19.2. The number of hydrogen-bond acceptors (Lipinski definition) is 12. The summed E-state index contributed by atoms with van der Waals surface area (Å²) in [6, 6.07) is 15.0. The summed E-state index contributed by atoms with van der Waals surface area (Å²) < 4.78 is 33.2. The van der Waals surface area contributed by atoms with E-state index in [1.165, 1.54) is 0 Å². The molecule has 14 nitrogen and oxygen atoms in total. The number of hydrogen-bond donors (Lipinski definition) is 4. The van der Waals surface area contributed by atoms with Crippen LogP contribution >= 0.6 is 12.4 Å². The maximum Gasteiger partial charge on any atom is 0.251 e. The molecule has 2 amide bonds. The van der Waals surface area contributed by atoms with Gasteiger partial charge in [-0.2, -0.15) is 0 Å². The molecule has 3 aromatic rings. The third-order valence-corrected chi connectivity index (χ3v) is 9.28. The molecule has 312 valence electrons. The van der Waals surface area contributed by atoms with E-state index in [-0.39, 0.29) is 61.9 Å². The van der Waals surface area contributed by atoms with Gasteiger partial charge in [-0.05, 0) is 66.9 Å². The van der Waals surface area contributed by atoms with Gasteiger partial charge < -0.3 is 49.5 Å². The van der Waals surface area contributed by atoms with Crippen LogP contribution in [0.15, 0.2) is 59.6 Å². The number of aliphatic imine (C=N–C) groups is 1. The van der Waals surface area contributed by atoms with E-state index < -0.39 is 0 Å². The number of aliphatic hydroxyl groups is 1. The quantitative estimate of drug-likeness (QED) is 0.0595. The van der Waals surface area contributed by atoms with Gasteiger partial charge in [0, 0.05) is 41.6 Å². The molecule has 2 aliphatic heterocycles. The highest BCUT2D eigenvalue weighted by Crippen LogP contribution is 2.28. The number of carbonyl (C=O) groups is 3. The zero-order valence-corrected chi connectivity index (χ0v) is 33.8. The molecular weight excluding hydrogens is 768 g/mol. The zero-order chi connectivity index (χ0) is 40.2. The van der Waals surface area contributed by atoms with E-state index in [0.717, 1.165) is 16.7 Å². The highest BCUT2D eigenvalue weighted by Gasteiger charge is 2.30. The first-order valence-electron chi connectivity index (χ1n) is 19.2. The molecule has 2 atom stereocenters. The second-order valence-electron chi connectivity index (χ2n) is 13.2.